The molecule has 0 radical (unpaired) electrons. The molecule has 136 valence electrons. The maximum absolute atomic E-state index is 12.6. The Morgan fingerprint density at radius 1 is 0.815 bits per heavy atom. The first kappa shape index (κ1) is 18.9. The van der Waals surface area contributed by atoms with Gasteiger partial charge in [-0.2, -0.15) is 0 Å². The predicted octanol–water partition coefficient (Wildman–Crippen LogP) is 5.15. The molecule has 0 unspecified atom stereocenters. The summed E-state index contributed by atoms with van der Waals surface area (Å²) in [6.45, 7) is 1.63. The summed E-state index contributed by atoms with van der Waals surface area (Å²) in [5.74, 6) is -1.47. The third-order valence-electron chi connectivity index (χ3n) is 4.41. The van der Waals surface area contributed by atoms with Crippen molar-refractivity contribution >= 4 is 23.4 Å². The molecule has 0 aromatic heterocycles. The van der Waals surface area contributed by atoms with Gasteiger partial charge in [-0.25, -0.2) is 4.79 Å². The molecule has 0 aliphatic rings. The van der Waals surface area contributed by atoms with Crippen molar-refractivity contribution in [2.75, 3.05) is 0 Å². The highest BCUT2D eigenvalue weighted by atomic mass is 35.5. The van der Waals surface area contributed by atoms with Gasteiger partial charge in [0.05, 0.1) is 0 Å². The van der Waals surface area contributed by atoms with E-state index in [0.717, 1.165) is 0 Å². The van der Waals surface area contributed by atoms with Crippen molar-refractivity contribution in [3.05, 3.63) is 107 Å². The van der Waals surface area contributed by atoms with Crippen LogP contribution in [0.3, 0.4) is 0 Å². The zero-order valence-electron chi connectivity index (χ0n) is 14.9. The number of carbonyl (C=O) groups excluding carboxylic acids is 2. The zero-order chi connectivity index (χ0) is 19.3. The summed E-state index contributed by atoms with van der Waals surface area (Å²) in [6, 6.07) is 25.8. The molecule has 0 atom stereocenters. The second-order valence-electron chi connectivity index (χ2n) is 6.06. The van der Waals surface area contributed by atoms with Gasteiger partial charge in [0.25, 0.3) is 0 Å². The largest absolute Gasteiger partial charge is 0.438 e. The van der Waals surface area contributed by atoms with Crippen molar-refractivity contribution in [1.29, 1.82) is 0 Å². The Morgan fingerprint density at radius 3 is 1.78 bits per heavy atom. The van der Waals surface area contributed by atoms with Crippen molar-refractivity contribution in [1.82, 2.24) is 0 Å². The van der Waals surface area contributed by atoms with Crippen LogP contribution in [-0.2, 0) is 19.9 Å². The average molecular weight is 379 g/mol. The van der Waals surface area contributed by atoms with E-state index in [1.807, 2.05) is 78.9 Å². The Hall–Kier alpha value is -2.91. The lowest BCUT2D eigenvalue weighted by atomic mass is 9.80. The fourth-order valence-corrected chi connectivity index (χ4v) is 3.35. The van der Waals surface area contributed by atoms with Crippen molar-refractivity contribution in [3.8, 4) is 0 Å². The van der Waals surface area contributed by atoms with Gasteiger partial charge in [-0.1, -0.05) is 97.4 Å². The molecule has 0 heterocycles. The Morgan fingerprint density at radius 2 is 1.30 bits per heavy atom. The van der Waals surface area contributed by atoms with E-state index >= 15 is 0 Å². The number of benzene rings is 3. The summed E-state index contributed by atoms with van der Waals surface area (Å²) in [7, 11) is 0. The number of ether oxygens (including phenoxy) is 1. The maximum atomic E-state index is 12.6. The molecule has 3 aromatic carbocycles. The van der Waals surface area contributed by atoms with E-state index in [4.69, 9.17) is 16.3 Å². The number of esters is 1. The SMILES string of the molecule is CCC(=O)C(=O)OC(c1ccccc1)(c1ccccc1)c1ccccc1Cl. The first-order chi connectivity index (χ1) is 13.1. The number of Topliss-reactive ketones (excluding diaryl/α,β-unsaturated/α-hetero) is 1. The van der Waals surface area contributed by atoms with Crippen molar-refractivity contribution in [2.45, 2.75) is 18.9 Å². The number of halogens is 1. The molecule has 4 heteroatoms. The van der Waals surface area contributed by atoms with Gasteiger partial charge in [0, 0.05) is 28.1 Å². The first-order valence-corrected chi connectivity index (χ1v) is 9.09. The summed E-state index contributed by atoms with van der Waals surface area (Å²) in [5, 5.41) is 0.446. The lowest BCUT2D eigenvalue weighted by molar-refractivity contribution is -0.161. The molecular weight excluding hydrogens is 360 g/mol. The fraction of sp³-hybridized carbons (Fsp3) is 0.130. The Balaban J connectivity index is 2.33. The summed E-state index contributed by atoms with van der Waals surface area (Å²) < 4.78 is 5.96. The molecule has 0 fully saturated rings. The number of carbonyl (C=O) groups is 2. The van der Waals surface area contributed by atoms with E-state index in [9.17, 15) is 9.59 Å². The molecule has 0 aliphatic carbocycles. The molecule has 0 saturated carbocycles. The molecule has 3 rings (SSSR count). The number of rotatable bonds is 6. The third kappa shape index (κ3) is 3.64. The van der Waals surface area contributed by atoms with Crippen LogP contribution < -0.4 is 0 Å². The molecule has 3 aromatic rings. The summed E-state index contributed by atoms with van der Waals surface area (Å²) in [4.78, 5) is 24.7. The number of hydrogen-bond acceptors (Lipinski definition) is 3. The minimum absolute atomic E-state index is 0.0705. The number of hydrogen-bond donors (Lipinski definition) is 0. The molecule has 0 bridgehead atoms. The average Bonchev–Trinajstić information content (AvgIpc) is 2.73. The predicted molar refractivity (Wildman–Crippen MR) is 106 cm³/mol. The summed E-state index contributed by atoms with van der Waals surface area (Å²) >= 11 is 6.53. The van der Waals surface area contributed by atoms with Gasteiger partial charge in [-0.05, 0) is 6.07 Å². The standard InChI is InChI=1S/C23H19ClO3/c1-2-21(25)22(26)27-23(17-11-5-3-6-12-17,18-13-7-4-8-14-18)19-15-9-10-16-20(19)24/h3-16H,2H2,1H3. The van der Waals surface area contributed by atoms with Crippen LogP contribution in [0.25, 0.3) is 0 Å². The maximum Gasteiger partial charge on any atom is 0.376 e. The molecule has 27 heavy (non-hydrogen) atoms. The summed E-state index contributed by atoms with van der Waals surface area (Å²) in [5.41, 5.74) is 0.687. The monoisotopic (exact) mass is 378 g/mol. The van der Waals surface area contributed by atoms with Crippen molar-refractivity contribution in [3.63, 3.8) is 0 Å². The van der Waals surface area contributed by atoms with Crippen molar-refractivity contribution in [2.24, 2.45) is 0 Å². The fourth-order valence-electron chi connectivity index (χ4n) is 3.08. The van der Waals surface area contributed by atoms with Crippen LogP contribution in [0.15, 0.2) is 84.9 Å². The Kier molecular flexibility index (Phi) is 5.72. The first-order valence-electron chi connectivity index (χ1n) is 8.71. The highest BCUT2D eigenvalue weighted by Gasteiger charge is 2.42. The van der Waals surface area contributed by atoms with E-state index in [-0.39, 0.29) is 6.42 Å². The van der Waals surface area contributed by atoms with Crippen LogP contribution >= 0.6 is 11.6 Å². The van der Waals surface area contributed by atoms with Crippen molar-refractivity contribution < 1.29 is 14.3 Å². The van der Waals surface area contributed by atoms with Gasteiger partial charge in [0.1, 0.15) is 0 Å². The molecule has 0 N–H and O–H groups in total. The van der Waals surface area contributed by atoms with Gasteiger partial charge < -0.3 is 4.74 Å². The lowest BCUT2D eigenvalue weighted by Gasteiger charge is -2.35. The van der Waals surface area contributed by atoms with E-state index < -0.39 is 17.4 Å². The van der Waals surface area contributed by atoms with E-state index in [1.54, 1.807) is 13.0 Å². The van der Waals surface area contributed by atoms with Gasteiger partial charge >= 0.3 is 5.97 Å². The molecule has 3 nitrogen and oxygen atoms in total. The molecule has 0 spiro atoms. The molecule has 0 saturated heterocycles. The molecule has 0 aliphatic heterocycles. The Labute approximate surface area is 163 Å². The Bertz CT molecular complexity index is 897. The summed E-state index contributed by atoms with van der Waals surface area (Å²) in [6.07, 6.45) is 0.0705. The number of ketones is 1. The van der Waals surface area contributed by atoms with Crippen LogP contribution in [0.2, 0.25) is 5.02 Å². The second-order valence-corrected chi connectivity index (χ2v) is 6.47. The lowest BCUT2D eigenvalue weighted by Crippen LogP contribution is -2.37. The van der Waals surface area contributed by atoms with Gasteiger partial charge in [-0.15, -0.1) is 0 Å². The van der Waals surface area contributed by atoms with Crippen LogP contribution in [-0.4, -0.2) is 11.8 Å². The van der Waals surface area contributed by atoms with Crippen LogP contribution in [0, 0.1) is 0 Å². The highest BCUT2D eigenvalue weighted by molar-refractivity contribution is 6.34. The normalized spacial score (nSPS) is 11.0. The van der Waals surface area contributed by atoms with E-state index in [1.165, 1.54) is 0 Å². The third-order valence-corrected chi connectivity index (χ3v) is 4.74. The van der Waals surface area contributed by atoms with Gasteiger partial charge in [0.15, 0.2) is 5.60 Å². The zero-order valence-corrected chi connectivity index (χ0v) is 15.6. The molecular formula is C23H19ClO3. The minimum atomic E-state index is -1.33. The van der Waals surface area contributed by atoms with E-state index in [2.05, 4.69) is 0 Å². The van der Waals surface area contributed by atoms with Gasteiger partial charge in [-0.3, -0.25) is 4.79 Å². The van der Waals surface area contributed by atoms with Crippen LogP contribution in [0.5, 0.6) is 0 Å². The smallest absolute Gasteiger partial charge is 0.376 e. The minimum Gasteiger partial charge on any atom is -0.438 e. The van der Waals surface area contributed by atoms with Crippen LogP contribution in [0.4, 0.5) is 0 Å². The topological polar surface area (TPSA) is 43.4 Å². The highest BCUT2D eigenvalue weighted by Crippen LogP contribution is 2.43. The van der Waals surface area contributed by atoms with Gasteiger partial charge in [0.2, 0.25) is 5.78 Å². The molecule has 0 amide bonds. The van der Waals surface area contributed by atoms with E-state index in [0.29, 0.717) is 21.7 Å². The van der Waals surface area contributed by atoms with Crippen LogP contribution in [0.1, 0.15) is 30.0 Å². The second kappa shape index (κ2) is 8.19. The quantitative estimate of drug-likeness (QED) is 0.338.